The minimum Gasteiger partial charge on any atom is -0.205 e. The van der Waals surface area contributed by atoms with Crippen LogP contribution in [0.2, 0.25) is 5.02 Å². The number of rotatable bonds is 5. The summed E-state index contributed by atoms with van der Waals surface area (Å²) in [6.07, 6.45) is 15.2. The van der Waals surface area contributed by atoms with Gasteiger partial charge in [-0.2, -0.15) is 0 Å². The number of halogens is 2. The van der Waals surface area contributed by atoms with Crippen LogP contribution in [0.1, 0.15) is 89.0 Å². The highest BCUT2D eigenvalue weighted by atomic mass is 35.5. The summed E-state index contributed by atoms with van der Waals surface area (Å²) < 4.78 is 13.7. The molecule has 0 atom stereocenters. The van der Waals surface area contributed by atoms with Crippen LogP contribution < -0.4 is 0 Å². The van der Waals surface area contributed by atoms with Crippen LogP contribution in [-0.4, -0.2) is 0 Å². The van der Waals surface area contributed by atoms with E-state index in [9.17, 15) is 4.39 Å². The van der Waals surface area contributed by atoms with Gasteiger partial charge in [-0.05, 0) is 67.1 Å². The van der Waals surface area contributed by atoms with Crippen LogP contribution in [0.5, 0.6) is 0 Å². The molecular weight excluding hydrogens is 319 g/mol. The molecule has 134 valence electrons. The van der Waals surface area contributed by atoms with Gasteiger partial charge in [0, 0.05) is 0 Å². The molecule has 1 aromatic carbocycles. The van der Waals surface area contributed by atoms with Crippen molar-refractivity contribution in [1.29, 1.82) is 0 Å². The molecular formula is C22H32ClF. The number of hydrogen-bond donors (Lipinski definition) is 0. The molecule has 0 spiro atoms. The van der Waals surface area contributed by atoms with Gasteiger partial charge < -0.3 is 0 Å². The maximum atomic E-state index is 13.7. The molecule has 0 nitrogen and oxygen atoms in total. The third-order valence-corrected chi connectivity index (χ3v) is 7.10. The minimum atomic E-state index is -0.265. The largest absolute Gasteiger partial charge is 0.205 e. The Hall–Kier alpha value is -0.560. The Morgan fingerprint density at radius 1 is 0.875 bits per heavy atom. The predicted octanol–water partition coefficient (Wildman–Crippen LogP) is 7.75. The second-order valence-corrected chi connectivity index (χ2v) is 8.67. The van der Waals surface area contributed by atoms with E-state index >= 15 is 0 Å². The molecule has 2 fully saturated rings. The van der Waals surface area contributed by atoms with Gasteiger partial charge in [-0.15, -0.1) is 0 Å². The summed E-state index contributed by atoms with van der Waals surface area (Å²) in [5.74, 6) is 3.18. The van der Waals surface area contributed by atoms with Crippen molar-refractivity contribution in [2.75, 3.05) is 0 Å². The van der Waals surface area contributed by atoms with Crippen LogP contribution in [-0.2, 0) is 0 Å². The van der Waals surface area contributed by atoms with Gasteiger partial charge >= 0.3 is 0 Å². The van der Waals surface area contributed by atoms with Gasteiger partial charge in [0.2, 0.25) is 0 Å². The summed E-state index contributed by atoms with van der Waals surface area (Å²) in [6.45, 7) is 2.34. The molecule has 0 unspecified atom stereocenters. The average molecular weight is 351 g/mol. The summed E-state index contributed by atoms with van der Waals surface area (Å²) in [4.78, 5) is 0. The quantitative estimate of drug-likeness (QED) is 0.509. The van der Waals surface area contributed by atoms with Gasteiger partial charge in [-0.1, -0.05) is 69.5 Å². The third-order valence-electron chi connectivity index (χ3n) is 6.79. The van der Waals surface area contributed by atoms with Crippen LogP contribution >= 0.6 is 11.6 Å². The summed E-state index contributed by atoms with van der Waals surface area (Å²) >= 11 is 5.80. The maximum absolute atomic E-state index is 13.7. The molecule has 3 rings (SSSR count). The van der Waals surface area contributed by atoms with Crippen molar-refractivity contribution >= 4 is 11.6 Å². The Labute approximate surface area is 152 Å². The first kappa shape index (κ1) is 18.2. The fourth-order valence-corrected chi connectivity index (χ4v) is 5.07. The van der Waals surface area contributed by atoms with Crippen molar-refractivity contribution in [2.24, 2.45) is 17.8 Å². The molecule has 0 bridgehead atoms. The van der Waals surface area contributed by atoms with Crippen LogP contribution in [0.25, 0.3) is 0 Å². The molecule has 0 N–H and O–H groups in total. The van der Waals surface area contributed by atoms with Gasteiger partial charge in [0.15, 0.2) is 0 Å². The third kappa shape index (κ3) is 4.75. The molecule has 0 amide bonds. The summed E-state index contributed by atoms with van der Waals surface area (Å²) in [6, 6.07) is 5.38. The molecule has 0 aliphatic heterocycles. The number of benzene rings is 1. The lowest BCUT2D eigenvalue weighted by Crippen LogP contribution is -2.17. The van der Waals surface area contributed by atoms with E-state index in [1.165, 1.54) is 70.6 Å². The fourth-order valence-electron chi connectivity index (χ4n) is 4.95. The molecule has 2 aliphatic carbocycles. The molecule has 2 aliphatic rings. The first-order chi connectivity index (χ1) is 11.7. The summed E-state index contributed by atoms with van der Waals surface area (Å²) in [5.41, 5.74) is 1.15. The SMILES string of the molecule is CC[C@H]1CC[C@H](CC[C@H]2CC[C@H](c3ccc(Cl)c(F)c3)CC2)CC1. The van der Waals surface area contributed by atoms with Gasteiger partial charge in [0.1, 0.15) is 5.82 Å². The zero-order valence-corrected chi connectivity index (χ0v) is 15.8. The first-order valence-electron chi connectivity index (χ1n) is 10.1. The molecule has 0 saturated heterocycles. The lowest BCUT2D eigenvalue weighted by Gasteiger charge is -2.32. The Kier molecular flexibility index (Phi) is 6.61. The van der Waals surface area contributed by atoms with Crippen molar-refractivity contribution < 1.29 is 4.39 Å². The molecule has 0 aromatic heterocycles. The Morgan fingerprint density at radius 2 is 1.42 bits per heavy atom. The second kappa shape index (κ2) is 8.70. The lowest BCUT2D eigenvalue weighted by molar-refractivity contribution is 0.227. The van der Waals surface area contributed by atoms with E-state index in [0.29, 0.717) is 5.92 Å². The minimum absolute atomic E-state index is 0.241. The second-order valence-electron chi connectivity index (χ2n) is 8.26. The van der Waals surface area contributed by atoms with E-state index in [4.69, 9.17) is 11.6 Å². The maximum Gasteiger partial charge on any atom is 0.142 e. The van der Waals surface area contributed by atoms with E-state index in [2.05, 4.69) is 6.92 Å². The standard InChI is InChI=1S/C22H32ClF/c1-2-16-3-5-17(6-4-16)7-8-18-9-11-19(12-10-18)20-13-14-21(23)22(24)15-20/h13-19H,2-12H2,1H3/t16-,17-,18-,19-. The molecule has 2 heteroatoms. The lowest BCUT2D eigenvalue weighted by atomic mass is 9.74. The first-order valence-corrected chi connectivity index (χ1v) is 10.5. The van der Waals surface area contributed by atoms with Crippen molar-refractivity contribution in [3.05, 3.63) is 34.6 Å². The van der Waals surface area contributed by atoms with Gasteiger partial charge in [-0.25, -0.2) is 4.39 Å². The van der Waals surface area contributed by atoms with Crippen molar-refractivity contribution in [3.8, 4) is 0 Å². The zero-order valence-electron chi connectivity index (χ0n) is 15.1. The number of hydrogen-bond acceptors (Lipinski definition) is 0. The van der Waals surface area contributed by atoms with E-state index in [-0.39, 0.29) is 10.8 Å². The molecule has 0 radical (unpaired) electrons. The highest BCUT2D eigenvalue weighted by Crippen LogP contribution is 2.40. The fraction of sp³-hybridized carbons (Fsp3) is 0.727. The molecule has 2 saturated carbocycles. The normalized spacial score (nSPS) is 31.1. The Morgan fingerprint density at radius 3 is 1.96 bits per heavy atom. The van der Waals surface area contributed by atoms with Crippen LogP contribution in [0, 0.1) is 23.6 Å². The van der Waals surface area contributed by atoms with E-state index < -0.39 is 0 Å². The molecule has 24 heavy (non-hydrogen) atoms. The van der Waals surface area contributed by atoms with Gasteiger partial charge in [0.05, 0.1) is 5.02 Å². The highest BCUT2D eigenvalue weighted by molar-refractivity contribution is 6.30. The van der Waals surface area contributed by atoms with E-state index in [0.717, 1.165) is 23.3 Å². The highest BCUT2D eigenvalue weighted by Gasteiger charge is 2.25. The Balaban J connectivity index is 1.40. The van der Waals surface area contributed by atoms with Crippen molar-refractivity contribution in [2.45, 2.75) is 83.5 Å². The molecule has 1 aromatic rings. The molecule has 0 heterocycles. The summed E-state index contributed by atoms with van der Waals surface area (Å²) in [7, 11) is 0. The monoisotopic (exact) mass is 350 g/mol. The van der Waals surface area contributed by atoms with Crippen molar-refractivity contribution in [3.63, 3.8) is 0 Å². The predicted molar refractivity (Wildman–Crippen MR) is 101 cm³/mol. The van der Waals surface area contributed by atoms with Crippen LogP contribution in [0.4, 0.5) is 4.39 Å². The average Bonchev–Trinajstić information content (AvgIpc) is 2.63. The topological polar surface area (TPSA) is 0 Å². The van der Waals surface area contributed by atoms with E-state index in [1.807, 2.05) is 6.07 Å². The smallest absolute Gasteiger partial charge is 0.142 e. The zero-order chi connectivity index (χ0) is 16.9. The van der Waals surface area contributed by atoms with Gasteiger partial charge in [0.25, 0.3) is 0 Å². The van der Waals surface area contributed by atoms with Crippen molar-refractivity contribution in [1.82, 2.24) is 0 Å². The van der Waals surface area contributed by atoms with Crippen LogP contribution in [0.3, 0.4) is 0 Å². The van der Waals surface area contributed by atoms with Gasteiger partial charge in [-0.3, -0.25) is 0 Å². The van der Waals surface area contributed by atoms with Crippen LogP contribution in [0.15, 0.2) is 18.2 Å². The Bertz CT molecular complexity index is 511. The summed E-state index contributed by atoms with van der Waals surface area (Å²) in [5, 5.41) is 0.241. The van der Waals surface area contributed by atoms with E-state index in [1.54, 1.807) is 12.1 Å².